The number of nitrogens with zero attached hydrogens (tertiary/aromatic N) is 1. The first-order valence-corrected chi connectivity index (χ1v) is 6.42. The molecule has 0 aromatic heterocycles. The molecule has 1 aliphatic heterocycles. The average molecular weight is 271 g/mol. The highest BCUT2D eigenvalue weighted by Gasteiger charge is 2.37. The molecule has 0 spiro atoms. The highest BCUT2D eigenvalue weighted by Crippen LogP contribution is 2.20. The van der Waals surface area contributed by atoms with Gasteiger partial charge in [0, 0.05) is 6.54 Å². The molecule has 0 saturated carbocycles. The van der Waals surface area contributed by atoms with Gasteiger partial charge in [-0.3, -0.25) is 4.79 Å². The Morgan fingerprint density at radius 1 is 1.42 bits per heavy atom. The fourth-order valence-corrected chi connectivity index (χ4v) is 2.35. The zero-order valence-corrected chi connectivity index (χ0v) is 11.3. The maximum atomic E-state index is 12.3. The van der Waals surface area contributed by atoms with Crippen LogP contribution in [0.1, 0.15) is 33.1 Å². The third-order valence-electron chi connectivity index (χ3n) is 3.14. The first-order valence-electron chi connectivity index (χ1n) is 6.42. The minimum absolute atomic E-state index is 0.187. The summed E-state index contributed by atoms with van der Waals surface area (Å²) in [6.45, 7) is 4.24. The quantitative estimate of drug-likeness (QED) is 0.660. The molecular weight excluding hydrogens is 250 g/mol. The van der Waals surface area contributed by atoms with Crippen molar-refractivity contribution in [2.24, 2.45) is 11.7 Å². The Morgan fingerprint density at radius 3 is 2.53 bits per heavy atom. The van der Waals surface area contributed by atoms with E-state index in [2.05, 4.69) is 5.32 Å². The normalized spacial score (nSPS) is 20.4. The SMILES string of the molecule is CC(C)CC(NC(N)=O)C(=O)N1CCC[C@@H]1C(=O)O. The lowest BCUT2D eigenvalue weighted by molar-refractivity contribution is -0.149. The summed E-state index contributed by atoms with van der Waals surface area (Å²) in [5, 5.41) is 11.5. The molecule has 3 amide bonds. The van der Waals surface area contributed by atoms with Crippen LogP contribution in [-0.4, -0.2) is 46.5 Å². The highest BCUT2D eigenvalue weighted by molar-refractivity contribution is 5.90. The minimum atomic E-state index is -1.01. The van der Waals surface area contributed by atoms with Crippen LogP contribution in [-0.2, 0) is 9.59 Å². The van der Waals surface area contributed by atoms with Gasteiger partial charge in [-0.2, -0.15) is 0 Å². The van der Waals surface area contributed by atoms with Crippen molar-refractivity contribution < 1.29 is 19.5 Å². The summed E-state index contributed by atoms with van der Waals surface area (Å²) in [7, 11) is 0. The second kappa shape index (κ2) is 6.40. The summed E-state index contributed by atoms with van der Waals surface area (Å²) in [6, 6.07) is -2.32. The van der Waals surface area contributed by atoms with Gasteiger partial charge in [-0.15, -0.1) is 0 Å². The number of likely N-dealkylation sites (tertiary alicyclic amines) is 1. The molecule has 0 aliphatic carbocycles. The van der Waals surface area contributed by atoms with E-state index in [0.29, 0.717) is 25.8 Å². The number of hydrogen-bond acceptors (Lipinski definition) is 3. The van der Waals surface area contributed by atoms with E-state index in [4.69, 9.17) is 10.8 Å². The fraction of sp³-hybridized carbons (Fsp3) is 0.750. The monoisotopic (exact) mass is 271 g/mol. The second-order valence-electron chi connectivity index (χ2n) is 5.22. The van der Waals surface area contributed by atoms with Crippen molar-refractivity contribution in [2.75, 3.05) is 6.54 Å². The van der Waals surface area contributed by atoms with Gasteiger partial charge in [0.2, 0.25) is 5.91 Å². The number of nitrogens with one attached hydrogen (secondary N) is 1. The molecule has 1 saturated heterocycles. The van der Waals surface area contributed by atoms with Crippen LogP contribution in [0.15, 0.2) is 0 Å². The minimum Gasteiger partial charge on any atom is -0.480 e. The Labute approximate surface area is 112 Å². The number of carboxylic acid groups (broad SMARTS) is 1. The van der Waals surface area contributed by atoms with Crippen molar-refractivity contribution in [3.05, 3.63) is 0 Å². The van der Waals surface area contributed by atoms with Gasteiger partial charge in [-0.25, -0.2) is 9.59 Å². The van der Waals surface area contributed by atoms with Crippen LogP contribution in [0.3, 0.4) is 0 Å². The van der Waals surface area contributed by atoms with Crippen molar-refractivity contribution in [3.8, 4) is 0 Å². The zero-order valence-electron chi connectivity index (χ0n) is 11.3. The van der Waals surface area contributed by atoms with Crippen LogP contribution < -0.4 is 11.1 Å². The topological polar surface area (TPSA) is 113 Å². The summed E-state index contributed by atoms with van der Waals surface area (Å²) >= 11 is 0. The Bertz CT molecular complexity index is 370. The molecule has 0 aromatic carbocycles. The number of carbonyl (C=O) groups is 3. The molecule has 108 valence electrons. The van der Waals surface area contributed by atoms with Gasteiger partial charge >= 0.3 is 12.0 Å². The number of rotatable bonds is 5. The number of urea groups is 1. The van der Waals surface area contributed by atoms with E-state index >= 15 is 0 Å². The lowest BCUT2D eigenvalue weighted by atomic mass is 10.0. The number of amides is 3. The molecule has 1 rings (SSSR count). The molecule has 19 heavy (non-hydrogen) atoms. The molecule has 1 fully saturated rings. The van der Waals surface area contributed by atoms with Crippen LogP contribution in [0.25, 0.3) is 0 Å². The molecule has 4 N–H and O–H groups in total. The van der Waals surface area contributed by atoms with Gasteiger partial charge in [-0.05, 0) is 25.2 Å². The van der Waals surface area contributed by atoms with E-state index in [9.17, 15) is 14.4 Å². The summed E-state index contributed by atoms with van der Waals surface area (Å²) in [5.41, 5.74) is 5.06. The van der Waals surface area contributed by atoms with Gasteiger partial charge in [0.25, 0.3) is 0 Å². The van der Waals surface area contributed by atoms with Crippen molar-refractivity contribution in [1.82, 2.24) is 10.2 Å². The summed E-state index contributed by atoms with van der Waals surface area (Å²) < 4.78 is 0. The Balaban J connectivity index is 2.79. The lowest BCUT2D eigenvalue weighted by Gasteiger charge is -2.27. The Kier molecular flexibility index (Phi) is 5.14. The third kappa shape index (κ3) is 4.11. The molecule has 1 unspecified atom stereocenters. The number of carboxylic acids is 1. The number of carbonyl (C=O) groups excluding carboxylic acids is 2. The number of hydrogen-bond donors (Lipinski definition) is 3. The average Bonchev–Trinajstić information content (AvgIpc) is 2.74. The first kappa shape index (κ1) is 15.3. The van der Waals surface area contributed by atoms with Gasteiger partial charge in [-0.1, -0.05) is 13.8 Å². The van der Waals surface area contributed by atoms with E-state index in [1.165, 1.54) is 4.90 Å². The summed E-state index contributed by atoms with van der Waals surface area (Å²) in [4.78, 5) is 35.7. The maximum Gasteiger partial charge on any atom is 0.326 e. The molecule has 1 heterocycles. The van der Waals surface area contributed by atoms with Crippen molar-refractivity contribution >= 4 is 17.9 Å². The molecule has 0 aromatic rings. The van der Waals surface area contributed by atoms with Gasteiger partial charge in [0.15, 0.2) is 0 Å². The number of nitrogens with two attached hydrogens (primary N) is 1. The number of aliphatic carboxylic acids is 1. The van der Waals surface area contributed by atoms with Crippen LogP contribution in [0.2, 0.25) is 0 Å². The largest absolute Gasteiger partial charge is 0.480 e. The lowest BCUT2D eigenvalue weighted by Crippen LogP contribution is -2.53. The van der Waals surface area contributed by atoms with Crippen LogP contribution in [0.4, 0.5) is 4.79 Å². The van der Waals surface area contributed by atoms with Crippen LogP contribution in [0, 0.1) is 5.92 Å². The predicted molar refractivity (Wildman–Crippen MR) is 68.3 cm³/mol. The van der Waals surface area contributed by atoms with E-state index in [-0.39, 0.29) is 11.8 Å². The molecule has 0 bridgehead atoms. The van der Waals surface area contributed by atoms with Gasteiger partial charge in [0.1, 0.15) is 12.1 Å². The molecule has 7 nitrogen and oxygen atoms in total. The third-order valence-corrected chi connectivity index (χ3v) is 3.14. The van der Waals surface area contributed by atoms with E-state index in [1.54, 1.807) is 0 Å². The van der Waals surface area contributed by atoms with Gasteiger partial charge < -0.3 is 21.1 Å². The molecular formula is C12H21N3O4. The van der Waals surface area contributed by atoms with Crippen molar-refractivity contribution in [3.63, 3.8) is 0 Å². The van der Waals surface area contributed by atoms with Crippen molar-refractivity contribution in [1.29, 1.82) is 0 Å². The zero-order chi connectivity index (χ0) is 14.6. The predicted octanol–water partition coefficient (Wildman–Crippen LogP) is 0.145. The molecule has 7 heteroatoms. The molecule has 0 radical (unpaired) electrons. The smallest absolute Gasteiger partial charge is 0.326 e. The molecule has 2 atom stereocenters. The van der Waals surface area contributed by atoms with Gasteiger partial charge in [0.05, 0.1) is 0 Å². The van der Waals surface area contributed by atoms with E-state index in [0.717, 1.165) is 0 Å². The maximum absolute atomic E-state index is 12.3. The fourth-order valence-electron chi connectivity index (χ4n) is 2.35. The van der Waals surface area contributed by atoms with Crippen LogP contribution >= 0.6 is 0 Å². The Morgan fingerprint density at radius 2 is 2.05 bits per heavy atom. The Hall–Kier alpha value is -1.79. The van der Waals surface area contributed by atoms with E-state index in [1.807, 2.05) is 13.8 Å². The molecule has 1 aliphatic rings. The van der Waals surface area contributed by atoms with Crippen molar-refractivity contribution in [2.45, 2.75) is 45.2 Å². The highest BCUT2D eigenvalue weighted by atomic mass is 16.4. The standard InChI is InChI=1S/C12H21N3O4/c1-7(2)6-8(14-12(13)19)10(16)15-5-3-4-9(15)11(17)18/h7-9H,3-6H2,1-2H3,(H,17,18)(H3,13,14,19)/t8?,9-/m1/s1. The first-order chi connectivity index (χ1) is 8.82. The second-order valence-corrected chi connectivity index (χ2v) is 5.22. The summed E-state index contributed by atoms with van der Waals surface area (Å²) in [6.07, 6.45) is 1.55. The summed E-state index contributed by atoms with van der Waals surface area (Å²) in [5.74, 6) is -1.18. The number of primary amides is 1. The van der Waals surface area contributed by atoms with Crippen LogP contribution in [0.5, 0.6) is 0 Å². The van der Waals surface area contributed by atoms with E-state index < -0.39 is 24.1 Å².